The fourth-order valence-corrected chi connectivity index (χ4v) is 4.90. The number of anilines is 1. The Morgan fingerprint density at radius 1 is 1.17 bits per heavy atom. The van der Waals surface area contributed by atoms with E-state index < -0.39 is 54.8 Å². The monoisotopic (exact) mass is 653 g/mol. The van der Waals surface area contributed by atoms with Crippen molar-refractivity contribution in [1.29, 1.82) is 0 Å². The molecule has 4 aromatic rings. The highest BCUT2D eigenvalue weighted by Gasteiger charge is 2.40. The summed E-state index contributed by atoms with van der Waals surface area (Å²) in [4.78, 5) is 51.6. The number of halogens is 3. The van der Waals surface area contributed by atoms with Gasteiger partial charge in [-0.2, -0.15) is 9.78 Å². The number of tetrazole rings is 1. The summed E-state index contributed by atoms with van der Waals surface area (Å²) in [5, 5.41) is 23.1. The van der Waals surface area contributed by atoms with Gasteiger partial charge in [0.2, 0.25) is 11.8 Å². The Morgan fingerprint density at radius 2 is 1.96 bits per heavy atom. The average molecular weight is 654 g/mol. The Balaban J connectivity index is 1.42. The highest BCUT2D eigenvalue weighted by atomic mass is 35.5. The first-order valence-corrected chi connectivity index (χ1v) is 14.1. The Hall–Kier alpha value is -5.51. The highest BCUT2D eigenvalue weighted by Crippen LogP contribution is 2.29. The Morgan fingerprint density at radius 3 is 2.63 bits per heavy atom. The normalized spacial score (nSPS) is 14.7. The van der Waals surface area contributed by atoms with E-state index in [9.17, 15) is 28.0 Å². The van der Waals surface area contributed by atoms with Crippen molar-refractivity contribution < 1.29 is 27.9 Å². The number of aromatic amines is 1. The molecule has 0 aliphatic carbocycles. The van der Waals surface area contributed by atoms with Gasteiger partial charge in [0.25, 0.3) is 11.5 Å². The van der Waals surface area contributed by atoms with Crippen molar-refractivity contribution in [2.75, 3.05) is 25.5 Å². The molecule has 5 rings (SSSR count). The molecule has 1 aliphatic heterocycles. The van der Waals surface area contributed by atoms with E-state index in [-0.39, 0.29) is 17.8 Å². The van der Waals surface area contributed by atoms with E-state index in [2.05, 4.69) is 41.1 Å². The van der Waals surface area contributed by atoms with Gasteiger partial charge in [0, 0.05) is 35.3 Å². The molecule has 0 saturated carbocycles. The van der Waals surface area contributed by atoms with Gasteiger partial charge in [-0.1, -0.05) is 23.7 Å². The minimum absolute atomic E-state index is 0.101. The fraction of sp³-hybridized carbons (Fsp3) is 0.241. The molecular formula is C29H26ClF2N9O5. The first-order valence-electron chi connectivity index (χ1n) is 13.7. The minimum Gasteiger partial charge on any atom is -0.453 e. The van der Waals surface area contributed by atoms with Crippen LogP contribution in [0.15, 0.2) is 65.7 Å². The van der Waals surface area contributed by atoms with Gasteiger partial charge in [-0.05, 0) is 58.5 Å². The maximum Gasteiger partial charge on any atom is 0.411 e. The first-order chi connectivity index (χ1) is 22.0. The van der Waals surface area contributed by atoms with Crippen molar-refractivity contribution in [2.24, 2.45) is 0 Å². The molecule has 0 radical (unpaired) electrons. The molecule has 238 valence electrons. The summed E-state index contributed by atoms with van der Waals surface area (Å²) in [5.41, 5.74) is 1.56. The SMILES string of the molecule is COC(=O)Nc1ccc(-c2cc([C@H](CC(=O)N3CCC(F)(F)C3)NC(=O)C=Cc3cc(Cl)ccc3-n3cnnn3)n[nH]c2=O)cc1. The second-order valence-electron chi connectivity index (χ2n) is 10.2. The molecule has 3 heterocycles. The number of alkyl halides is 2. The number of benzene rings is 2. The molecule has 1 atom stereocenters. The fourth-order valence-electron chi connectivity index (χ4n) is 4.72. The van der Waals surface area contributed by atoms with E-state index in [0.717, 1.165) is 4.90 Å². The number of carbonyl (C=O) groups is 3. The third-order valence-corrected chi connectivity index (χ3v) is 7.26. The number of likely N-dealkylation sites (tertiary alicyclic amines) is 1. The van der Waals surface area contributed by atoms with Gasteiger partial charge in [0.1, 0.15) is 6.33 Å². The number of ether oxygens (including phenoxy) is 1. The third kappa shape index (κ3) is 7.76. The number of aromatic nitrogens is 6. The van der Waals surface area contributed by atoms with Crippen LogP contribution in [0.1, 0.15) is 30.1 Å². The summed E-state index contributed by atoms with van der Waals surface area (Å²) in [5.74, 6) is -4.29. The number of hydrogen-bond acceptors (Lipinski definition) is 9. The molecule has 46 heavy (non-hydrogen) atoms. The number of amides is 3. The van der Waals surface area contributed by atoms with E-state index in [1.165, 1.54) is 36.3 Å². The lowest BCUT2D eigenvalue weighted by molar-refractivity contribution is -0.132. The molecule has 2 aromatic heterocycles. The van der Waals surface area contributed by atoms with Crippen LogP contribution in [0.2, 0.25) is 5.02 Å². The third-order valence-electron chi connectivity index (χ3n) is 7.03. The van der Waals surface area contributed by atoms with Crippen LogP contribution in [0, 0.1) is 0 Å². The van der Waals surface area contributed by atoms with Crippen molar-refractivity contribution in [2.45, 2.75) is 24.8 Å². The van der Waals surface area contributed by atoms with Gasteiger partial charge in [-0.3, -0.25) is 19.7 Å². The lowest BCUT2D eigenvalue weighted by Crippen LogP contribution is -2.36. The van der Waals surface area contributed by atoms with Crippen molar-refractivity contribution >= 4 is 41.3 Å². The lowest BCUT2D eigenvalue weighted by Gasteiger charge is -2.22. The van der Waals surface area contributed by atoms with E-state index in [1.54, 1.807) is 42.5 Å². The summed E-state index contributed by atoms with van der Waals surface area (Å²) >= 11 is 6.16. The molecule has 17 heteroatoms. The first kappa shape index (κ1) is 31.9. The summed E-state index contributed by atoms with van der Waals surface area (Å²) < 4.78 is 33.7. The molecule has 1 saturated heterocycles. The second kappa shape index (κ2) is 13.6. The molecule has 3 amide bonds. The van der Waals surface area contributed by atoms with E-state index >= 15 is 0 Å². The van der Waals surface area contributed by atoms with Crippen molar-refractivity contribution in [3.8, 4) is 16.8 Å². The topological polar surface area (TPSA) is 177 Å². The van der Waals surface area contributed by atoms with Crippen LogP contribution in [0.25, 0.3) is 22.9 Å². The molecule has 1 fully saturated rings. The van der Waals surface area contributed by atoms with Crippen LogP contribution >= 0.6 is 11.6 Å². The van der Waals surface area contributed by atoms with Crippen LogP contribution in [-0.2, 0) is 14.3 Å². The zero-order valence-electron chi connectivity index (χ0n) is 24.1. The summed E-state index contributed by atoms with van der Waals surface area (Å²) in [6.07, 6.45) is 2.47. The maximum atomic E-state index is 13.9. The zero-order chi connectivity index (χ0) is 32.8. The molecule has 0 spiro atoms. The Kier molecular flexibility index (Phi) is 9.46. The number of methoxy groups -OCH3 is 1. The van der Waals surface area contributed by atoms with Crippen LogP contribution in [-0.4, -0.2) is 79.3 Å². The predicted molar refractivity (Wildman–Crippen MR) is 161 cm³/mol. The largest absolute Gasteiger partial charge is 0.453 e. The van der Waals surface area contributed by atoms with Crippen LogP contribution < -0.4 is 16.2 Å². The number of carbonyl (C=O) groups excluding carboxylic acids is 3. The smallest absolute Gasteiger partial charge is 0.411 e. The van der Waals surface area contributed by atoms with Gasteiger partial charge in [0.15, 0.2) is 0 Å². The molecular weight excluding hydrogens is 628 g/mol. The molecule has 0 unspecified atom stereocenters. The van der Waals surface area contributed by atoms with Crippen molar-refractivity contribution in [3.63, 3.8) is 0 Å². The average Bonchev–Trinajstić information content (AvgIpc) is 3.70. The number of hydrogen-bond donors (Lipinski definition) is 3. The van der Waals surface area contributed by atoms with Crippen molar-refractivity contribution in [3.05, 3.63) is 87.6 Å². The standard InChI is InChI=1S/C29H26ClF2N9O5/c1-46-28(45)34-20-6-2-17(3-7-20)21-13-23(36-37-27(21)44)22(14-26(43)40-11-10-29(31,32)15-40)35-25(42)9-4-18-12-19(30)5-8-24(18)41-16-33-38-39-41/h2-9,12-13,16,22H,10-11,14-15H2,1H3,(H,34,45)(H,35,42)(H,37,44)/t22-/m0/s1. The predicted octanol–water partition coefficient (Wildman–Crippen LogP) is 3.37. The van der Waals surface area contributed by atoms with Crippen molar-refractivity contribution in [1.82, 2.24) is 40.6 Å². The second-order valence-corrected chi connectivity index (χ2v) is 10.6. The maximum absolute atomic E-state index is 13.9. The summed E-state index contributed by atoms with van der Waals surface area (Å²) in [7, 11) is 1.22. The van der Waals surface area contributed by atoms with Gasteiger partial charge in [-0.15, -0.1) is 5.10 Å². The highest BCUT2D eigenvalue weighted by molar-refractivity contribution is 6.30. The number of H-pyrrole nitrogens is 1. The molecule has 1 aliphatic rings. The lowest BCUT2D eigenvalue weighted by atomic mass is 10.0. The Labute approximate surface area is 264 Å². The van der Waals surface area contributed by atoms with Gasteiger partial charge >= 0.3 is 6.09 Å². The van der Waals surface area contributed by atoms with Crippen LogP contribution in [0.3, 0.4) is 0 Å². The van der Waals surface area contributed by atoms with E-state index in [1.807, 2.05) is 0 Å². The quantitative estimate of drug-likeness (QED) is 0.229. The number of nitrogens with zero attached hydrogens (tertiary/aromatic N) is 6. The summed E-state index contributed by atoms with van der Waals surface area (Å²) in [6.45, 7) is -0.880. The van der Waals surface area contributed by atoms with Gasteiger partial charge in [-0.25, -0.2) is 18.7 Å². The molecule has 2 aromatic carbocycles. The van der Waals surface area contributed by atoms with E-state index in [4.69, 9.17) is 11.6 Å². The van der Waals surface area contributed by atoms with Gasteiger partial charge < -0.3 is 15.0 Å². The summed E-state index contributed by atoms with van der Waals surface area (Å²) in [6, 6.07) is 11.4. The van der Waals surface area contributed by atoms with Gasteiger partial charge in [0.05, 0.1) is 43.1 Å². The van der Waals surface area contributed by atoms with Crippen LogP contribution in [0.5, 0.6) is 0 Å². The Bertz CT molecular complexity index is 1830. The minimum atomic E-state index is -3.01. The zero-order valence-corrected chi connectivity index (χ0v) is 24.9. The molecule has 3 N–H and O–H groups in total. The van der Waals surface area contributed by atoms with E-state index in [0.29, 0.717) is 27.5 Å². The molecule has 0 bridgehead atoms. The number of nitrogens with one attached hydrogen (secondary N) is 3. The number of rotatable bonds is 9. The van der Waals surface area contributed by atoms with Crippen LogP contribution in [0.4, 0.5) is 19.3 Å². The molecule has 14 nitrogen and oxygen atoms in total.